The van der Waals surface area contributed by atoms with E-state index < -0.39 is 18.0 Å². The Morgan fingerprint density at radius 1 is 1.06 bits per heavy atom. The number of hydrogen-bond donors (Lipinski definition) is 0. The van der Waals surface area contributed by atoms with Crippen LogP contribution < -0.4 is 19.6 Å². The highest BCUT2D eigenvalue weighted by Gasteiger charge is 2.33. The SMILES string of the molecule is CCOC(=O)C1=C(C)N=c2s/c(=C\c3ccc(OC)cc3)c(=O)n2[C@@H]1c1ccc(C(=O)OC)cc1. The number of ether oxygens (including phenoxy) is 3. The third kappa shape index (κ3) is 4.67. The quantitative estimate of drug-likeness (QED) is 0.491. The standard InChI is InChI=1S/C26H24N2O6S/c1-5-34-25(31)21-15(2)27-26-28(22(21)17-8-10-18(11-9-17)24(30)33-4)23(29)20(35-26)14-16-6-12-19(32-3)13-7-16/h6-14,22H,5H2,1-4H3/b20-14-/t22-/m1/s1. The Morgan fingerprint density at radius 3 is 2.34 bits per heavy atom. The van der Waals surface area contributed by atoms with Crippen molar-refractivity contribution in [3.63, 3.8) is 0 Å². The van der Waals surface area contributed by atoms with E-state index in [0.29, 0.717) is 31.9 Å². The summed E-state index contributed by atoms with van der Waals surface area (Å²) in [5.74, 6) is -0.300. The number of hydrogen-bond acceptors (Lipinski definition) is 8. The molecule has 1 aliphatic rings. The molecule has 2 heterocycles. The molecule has 1 aromatic heterocycles. The number of methoxy groups -OCH3 is 2. The number of esters is 2. The number of carbonyl (C=O) groups is 2. The van der Waals surface area contributed by atoms with Gasteiger partial charge in [-0.05, 0) is 55.3 Å². The molecule has 4 rings (SSSR count). The second-order valence-corrected chi connectivity index (χ2v) is 8.70. The summed E-state index contributed by atoms with van der Waals surface area (Å²) in [6.07, 6.45) is 1.78. The van der Waals surface area contributed by atoms with Gasteiger partial charge in [-0.15, -0.1) is 0 Å². The van der Waals surface area contributed by atoms with Gasteiger partial charge >= 0.3 is 11.9 Å². The van der Waals surface area contributed by atoms with Crippen molar-refractivity contribution in [2.45, 2.75) is 19.9 Å². The zero-order chi connectivity index (χ0) is 25.1. The van der Waals surface area contributed by atoms with E-state index in [0.717, 1.165) is 5.56 Å². The van der Waals surface area contributed by atoms with Crippen molar-refractivity contribution in [2.24, 2.45) is 4.99 Å². The summed E-state index contributed by atoms with van der Waals surface area (Å²) in [7, 11) is 2.90. The summed E-state index contributed by atoms with van der Waals surface area (Å²) < 4.78 is 17.3. The first-order valence-corrected chi connectivity index (χ1v) is 11.7. The molecule has 1 atom stereocenters. The van der Waals surface area contributed by atoms with Crippen LogP contribution in [0.2, 0.25) is 0 Å². The van der Waals surface area contributed by atoms with E-state index >= 15 is 0 Å². The fraction of sp³-hybridized carbons (Fsp3) is 0.231. The van der Waals surface area contributed by atoms with Crippen LogP contribution in [0.15, 0.2) is 69.6 Å². The van der Waals surface area contributed by atoms with E-state index in [1.54, 1.807) is 51.3 Å². The van der Waals surface area contributed by atoms with Crippen LogP contribution in [-0.2, 0) is 14.3 Å². The van der Waals surface area contributed by atoms with E-state index in [1.165, 1.54) is 23.0 Å². The van der Waals surface area contributed by atoms with Crippen LogP contribution in [0.5, 0.6) is 5.75 Å². The molecule has 0 fully saturated rings. The largest absolute Gasteiger partial charge is 0.497 e. The lowest BCUT2D eigenvalue weighted by Crippen LogP contribution is -2.39. The highest BCUT2D eigenvalue weighted by atomic mass is 32.1. The Labute approximate surface area is 205 Å². The van der Waals surface area contributed by atoms with E-state index in [-0.39, 0.29) is 17.7 Å². The van der Waals surface area contributed by atoms with Gasteiger partial charge in [0.1, 0.15) is 5.75 Å². The van der Waals surface area contributed by atoms with Gasteiger partial charge in [0.25, 0.3) is 5.56 Å². The van der Waals surface area contributed by atoms with Crippen LogP contribution in [0, 0.1) is 0 Å². The molecule has 0 spiro atoms. The Bertz CT molecular complexity index is 1480. The summed E-state index contributed by atoms with van der Waals surface area (Å²) in [6, 6.07) is 13.2. The summed E-state index contributed by atoms with van der Waals surface area (Å²) in [6.45, 7) is 3.63. The lowest BCUT2D eigenvalue weighted by molar-refractivity contribution is -0.139. The van der Waals surface area contributed by atoms with Gasteiger partial charge in [0.05, 0.1) is 48.2 Å². The number of benzene rings is 2. The zero-order valence-electron chi connectivity index (χ0n) is 19.7. The maximum atomic E-state index is 13.6. The monoisotopic (exact) mass is 492 g/mol. The lowest BCUT2D eigenvalue weighted by Gasteiger charge is -2.24. The number of carbonyl (C=O) groups excluding carboxylic acids is 2. The molecule has 1 aliphatic heterocycles. The summed E-state index contributed by atoms with van der Waals surface area (Å²) >= 11 is 1.24. The van der Waals surface area contributed by atoms with E-state index in [2.05, 4.69) is 4.99 Å². The number of nitrogens with zero attached hydrogens (tertiary/aromatic N) is 2. The second-order valence-electron chi connectivity index (χ2n) is 7.69. The lowest BCUT2D eigenvalue weighted by atomic mass is 9.95. The summed E-state index contributed by atoms with van der Waals surface area (Å²) in [4.78, 5) is 43.5. The van der Waals surface area contributed by atoms with Crippen molar-refractivity contribution in [2.75, 3.05) is 20.8 Å². The number of allylic oxidation sites excluding steroid dienone is 1. The molecule has 35 heavy (non-hydrogen) atoms. The second kappa shape index (κ2) is 10.1. The van der Waals surface area contributed by atoms with Crippen LogP contribution in [0.25, 0.3) is 6.08 Å². The van der Waals surface area contributed by atoms with Gasteiger partial charge in [0.2, 0.25) is 0 Å². The van der Waals surface area contributed by atoms with E-state index in [9.17, 15) is 14.4 Å². The van der Waals surface area contributed by atoms with Crippen LogP contribution in [-0.4, -0.2) is 37.3 Å². The molecule has 180 valence electrons. The van der Waals surface area contributed by atoms with Gasteiger partial charge < -0.3 is 14.2 Å². The normalized spacial score (nSPS) is 15.3. The molecule has 0 radical (unpaired) electrons. The first-order chi connectivity index (χ1) is 16.9. The smallest absolute Gasteiger partial charge is 0.338 e. The fourth-order valence-corrected chi connectivity index (χ4v) is 4.92. The minimum Gasteiger partial charge on any atom is -0.497 e. The van der Waals surface area contributed by atoms with E-state index in [1.807, 2.05) is 24.3 Å². The Kier molecular flexibility index (Phi) is 6.97. The average molecular weight is 493 g/mol. The molecule has 0 N–H and O–H groups in total. The topological polar surface area (TPSA) is 96.2 Å². The molecule has 2 aromatic carbocycles. The van der Waals surface area contributed by atoms with Gasteiger partial charge in [0.15, 0.2) is 4.80 Å². The molecule has 0 amide bonds. The molecule has 0 saturated carbocycles. The minimum absolute atomic E-state index is 0.186. The maximum Gasteiger partial charge on any atom is 0.338 e. The number of aromatic nitrogens is 1. The van der Waals surface area contributed by atoms with Gasteiger partial charge in [-0.1, -0.05) is 35.6 Å². The van der Waals surface area contributed by atoms with Crippen LogP contribution in [0.1, 0.15) is 41.4 Å². The third-order valence-electron chi connectivity index (χ3n) is 5.58. The van der Waals surface area contributed by atoms with Gasteiger partial charge in [0, 0.05) is 0 Å². The molecular weight excluding hydrogens is 468 g/mol. The maximum absolute atomic E-state index is 13.6. The summed E-state index contributed by atoms with van der Waals surface area (Å²) in [5, 5.41) is 0. The minimum atomic E-state index is -0.755. The zero-order valence-corrected chi connectivity index (χ0v) is 20.5. The van der Waals surface area contributed by atoms with Gasteiger partial charge in [-0.2, -0.15) is 0 Å². The molecular formula is C26H24N2O6S. The van der Waals surface area contributed by atoms with Crippen molar-refractivity contribution < 1.29 is 23.8 Å². The number of thiazole rings is 1. The first-order valence-electron chi connectivity index (χ1n) is 10.9. The van der Waals surface area contributed by atoms with Gasteiger partial charge in [-0.25, -0.2) is 14.6 Å². The third-order valence-corrected chi connectivity index (χ3v) is 6.56. The fourth-order valence-electron chi connectivity index (χ4n) is 3.88. The van der Waals surface area contributed by atoms with E-state index in [4.69, 9.17) is 14.2 Å². The molecule has 9 heteroatoms. The number of rotatable bonds is 6. The summed E-state index contributed by atoms with van der Waals surface area (Å²) in [5.41, 5.74) is 2.31. The highest BCUT2D eigenvalue weighted by molar-refractivity contribution is 7.07. The molecule has 0 unspecified atom stereocenters. The van der Waals surface area contributed by atoms with Crippen molar-refractivity contribution >= 4 is 29.4 Å². The Morgan fingerprint density at radius 2 is 1.74 bits per heavy atom. The van der Waals surface area contributed by atoms with Crippen molar-refractivity contribution in [3.8, 4) is 5.75 Å². The number of fused-ring (bicyclic) bond motifs is 1. The van der Waals surface area contributed by atoms with Crippen molar-refractivity contribution in [1.29, 1.82) is 0 Å². The average Bonchev–Trinajstić information content (AvgIpc) is 3.17. The highest BCUT2D eigenvalue weighted by Crippen LogP contribution is 2.31. The van der Waals surface area contributed by atoms with Crippen molar-refractivity contribution in [3.05, 3.63) is 96.2 Å². The first kappa shape index (κ1) is 24.2. The van der Waals surface area contributed by atoms with Crippen LogP contribution >= 0.6 is 11.3 Å². The predicted octanol–water partition coefficient (Wildman–Crippen LogP) is 2.59. The Balaban J connectivity index is 1.89. The van der Waals surface area contributed by atoms with Crippen LogP contribution in [0.4, 0.5) is 0 Å². The van der Waals surface area contributed by atoms with Crippen LogP contribution in [0.3, 0.4) is 0 Å². The predicted molar refractivity (Wildman–Crippen MR) is 131 cm³/mol. The molecule has 3 aromatic rings. The van der Waals surface area contributed by atoms with Crippen molar-refractivity contribution in [1.82, 2.24) is 4.57 Å². The Hall–Kier alpha value is -3.98. The molecule has 8 nitrogen and oxygen atoms in total. The molecule has 0 saturated heterocycles. The van der Waals surface area contributed by atoms with Gasteiger partial charge in [-0.3, -0.25) is 9.36 Å². The molecule has 0 bridgehead atoms. The molecule has 0 aliphatic carbocycles.